The zero-order chi connectivity index (χ0) is 16.9. The van der Waals surface area contributed by atoms with Crippen LogP contribution in [0.5, 0.6) is 5.88 Å². The minimum atomic E-state index is -0.242. The maximum Gasteiger partial charge on any atom is 0.221 e. The topological polar surface area (TPSA) is 34.1 Å². The number of pyridine rings is 1. The lowest BCUT2D eigenvalue weighted by Crippen LogP contribution is -2.01. The summed E-state index contributed by atoms with van der Waals surface area (Å²) >= 11 is 6.08. The second kappa shape index (κ2) is 7.32. The molecule has 0 saturated carbocycles. The van der Waals surface area contributed by atoms with Gasteiger partial charge in [-0.05, 0) is 41.5 Å². The van der Waals surface area contributed by atoms with Gasteiger partial charge in [0.1, 0.15) is 5.82 Å². The molecule has 0 spiro atoms. The molecule has 0 aliphatic carbocycles. The molecule has 0 unspecified atom stereocenters. The van der Waals surface area contributed by atoms with E-state index in [0.717, 1.165) is 22.4 Å². The highest BCUT2D eigenvalue weighted by molar-refractivity contribution is 6.30. The molecular formula is C19H16ClFN2O. The van der Waals surface area contributed by atoms with Gasteiger partial charge in [-0.2, -0.15) is 0 Å². The zero-order valence-corrected chi connectivity index (χ0v) is 13.8. The Kier molecular flexibility index (Phi) is 4.96. The minimum Gasteiger partial charge on any atom is -0.481 e. The summed E-state index contributed by atoms with van der Waals surface area (Å²) in [7, 11) is 1.59. The number of rotatable bonds is 5. The maximum atomic E-state index is 13.0. The van der Waals surface area contributed by atoms with Crippen LogP contribution in [0.25, 0.3) is 11.1 Å². The van der Waals surface area contributed by atoms with Crippen molar-refractivity contribution in [3.05, 3.63) is 77.2 Å². The molecule has 1 N–H and O–H groups in total. The fraction of sp³-hybridized carbons (Fsp3) is 0.105. The van der Waals surface area contributed by atoms with Crippen LogP contribution in [-0.4, -0.2) is 12.1 Å². The molecule has 3 rings (SSSR count). The summed E-state index contributed by atoms with van der Waals surface area (Å²) in [5.41, 5.74) is 3.60. The number of hydrogen-bond donors (Lipinski definition) is 1. The largest absolute Gasteiger partial charge is 0.481 e. The molecule has 0 bridgehead atoms. The number of benzene rings is 2. The number of nitrogens with one attached hydrogen (secondary N) is 1. The van der Waals surface area contributed by atoms with E-state index in [-0.39, 0.29) is 5.82 Å². The van der Waals surface area contributed by atoms with Gasteiger partial charge in [0.15, 0.2) is 0 Å². The third kappa shape index (κ3) is 3.84. The van der Waals surface area contributed by atoms with Gasteiger partial charge in [0.2, 0.25) is 5.88 Å². The third-order valence-corrected chi connectivity index (χ3v) is 3.83. The summed E-state index contributed by atoms with van der Waals surface area (Å²) in [6, 6.07) is 15.9. The van der Waals surface area contributed by atoms with E-state index >= 15 is 0 Å². The van der Waals surface area contributed by atoms with E-state index in [1.54, 1.807) is 25.4 Å². The number of anilines is 1. The van der Waals surface area contributed by atoms with Gasteiger partial charge in [0.05, 0.1) is 19.0 Å². The highest BCUT2D eigenvalue weighted by atomic mass is 35.5. The molecule has 122 valence electrons. The summed E-state index contributed by atoms with van der Waals surface area (Å²) in [6.07, 6.45) is 1.70. The van der Waals surface area contributed by atoms with Crippen LogP contribution in [0.2, 0.25) is 5.02 Å². The Morgan fingerprint density at radius 3 is 2.62 bits per heavy atom. The Labute approximate surface area is 145 Å². The molecule has 0 aliphatic heterocycles. The van der Waals surface area contributed by atoms with Crippen molar-refractivity contribution in [2.75, 3.05) is 12.4 Å². The molecule has 24 heavy (non-hydrogen) atoms. The number of ether oxygens (including phenoxy) is 1. The van der Waals surface area contributed by atoms with Gasteiger partial charge < -0.3 is 10.1 Å². The first-order valence-corrected chi connectivity index (χ1v) is 7.82. The highest BCUT2D eigenvalue weighted by Crippen LogP contribution is 2.31. The van der Waals surface area contributed by atoms with E-state index in [9.17, 15) is 4.39 Å². The summed E-state index contributed by atoms with van der Waals surface area (Å²) in [6.45, 7) is 0.573. The molecule has 0 fully saturated rings. The van der Waals surface area contributed by atoms with Crippen LogP contribution in [0.3, 0.4) is 0 Å². The normalized spacial score (nSPS) is 10.5. The quantitative estimate of drug-likeness (QED) is 0.695. The fourth-order valence-corrected chi connectivity index (χ4v) is 2.57. The fourth-order valence-electron chi connectivity index (χ4n) is 2.38. The Hall–Kier alpha value is -2.59. The van der Waals surface area contributed by atoms with Crippen LogP contribution in [0, 0.1) is 5.82 Å². The van der Waals surface area contributed by atoms with E-state index in [2.05, 4.69) is 10.3 Å². The predicted molar refractivity (Wildman–Crippen MR) is 95.0 cm³/mol. The molecule has 3 aromatic rings. The highest BCUT2D eigenvalue weighted by Gasteiger charge is 2.09. The number of hydrogen-bond acceptors (Lipinski definition) is 3. The lowest BCUT2D eigenvalue weighted by atomic mass is 10.1. The van der Waals surface area contributed by atoms with Crippen LogP contribution >= 0.6 is 11.6 Å². The standard InChI is InChI=1S/C19H16ClFN2O/c1-24-19-18(14-3-2-4-15(20)9-14)10-17(12-23-19)22-11-13-5-7-16(21)8-6-13/h2-10,12,22H,11H2,1H3. The van der Waals surface area contributed by atoms with Gasteiger partial charge in [0, 0.05) is 17.1 Å². The van der Waals surface area contributed by atoms with E-state index < -0.39 is 0 Å². The first-order chi connectivity index (χ1) is 11.7. The van der Waals surface area contributed by atoms with Crippen LogP contribution in [0.15, 0.2) is 60.8 Å². The molecular weight excluding hydrogens is 327 g/mol. The molecule has 3 nitrogen and oxygen atoms in total. The van der Waals surface area contributed by atoms with E-state index in [1.807, 2.05) is 30.3 Å². The van der Waals surface area contributed by atoms with Crippen molar-refractivity contribution < 1.29 is 9.13 Å². The van der Waals surface area contributed by atoms with Crippen molar-refractivity contribution in [2.24, 2.45) is 0 Å². The minimum absolute atomic E-state index is 0.242. The monoisotopic (exact) mass is 342 g/mol. The molecule has 0 saturated heterocycles. The van der Waals surface area contributed by atoms with Gasteiger partial charge >= 0.3 is 0 Å². The zero-order valence-electron chi connectivity index (χ0n) is 13.1. The van der Waals surface area contributed by atoms with E-state index in [0.29, 0.717) is 17.4 Å². The van der Waals surface area contributed by atoms with Crippen molar-refractivity contribution in [3.63, 3.8) is 0 Å². The first kappa shape index (κ1) is 16.3. The predicted octanol–water partition coefficient (Wildman–Crippen LogP) is 5.16. The molecule has 5 heteroatoms. The smallest absolute Gasteiger partial charge is 0.221 e. The molecule has 1 aromatic heterocycles. The van der Waals surface area contributed by atoms with Gasteiger partial charge in [-0.3, -0.25) is 0 Å². The summed E-state index contributed by atoms with van der Waals surface area (Å²) in [5, 5.41) is 3.94. The molecule has 1 heterocycles. The summed E-state index contributed by atoms with van der Waals surface area (Å²) in [5.74, 6) is 0.290. The van der Waals surface area contributed by atoms with Gasteiger partial charge in [0.25, 0.3) is 0 Å². The number of aromatic nitrogens is 1. The summed E-state index contributed by atoms with van der Waals surface area (Å²) in [4.78, 5) is 4.34. The van der Waals surface area contributed by atoms with Crippen molar-refractivity contribution >= 4 is 17.3 Å². The van der Waals surface area contributed by atoms with Gasteiger partial charge in [-0.25, -0.2) is 9.37 Å². The Morgan fingerprint density at radius 1 is 1.12 bits per heavy atom. The second-order valence-corrected chi connectivity index (χ2v) is 5.71. The molecule has 0 amide bonds. The Morgan fingerprint density at radius 2 is 1.92 bits per heavy atom. The number of halogens is 2. The van der Waals surface area contributed by atoms with Crippen molar-refractivity contribution in [1.82, 2.24) is 4.98 Å². The molecule has 0 radical (unpaired) electrons. The lowest BCUT2D eigenvalue weighted by Gasteiger charge is -2.12. The Bertz CT molecular complexity index is 837. The van der Waals surface area contributed by atoms with Crippen LogP contribution in [0.1, 0.15) is 5.56 Å². The van der Waals surface area contributed by atoms with Crippen LogP contribution in [0.4, 0.5) is 10.1 Å². The second-order valence-electron chi connectivity index (χ2n) is 5.27. The average Bonchev–Trinajstić information content (AvgIpc) is 2.61. The number of methoxy groups -OCH3 is 1. The lowest BCUT2D eigenvalue weighted by molar-refractivity contribution is 0.400. The molecule has 0 aliphatic rings. The SMILES string of the molecule is COc1ncc(NCc2ccc(F)cc2)cc1-c1cccc(Cl)c1. The Balaban J connectivity index is 1.84. The molecule has 0 atom stereocenters. The first-order valence-electron chi connectivity index (χ1n) is 7.44. The van der Waals surface area contributed by atoms with Crippen molar-refractivity contribution in [1.29, 1.82) is 0 Å². The van der Waals surface area contributed by atoms with Crippen LogP contribution < -0.4 is 10.1 Å². The van der Waals surface area contributed by atoms with E-state index in [4.69, 9.17) is 16.3 Å². The van der Waals surface area contributed by atoms with Crippen molar-refractivity contribution in [2.45, 2.75) is 6.54 Å². The van der Waals surface area contributed by atoms with Gasteiger partial charge in [-0.15, -0.1) is 0 Å². The van der Waals surface area contributed by atoms with Gasteiger partial charge in [-0.1, -0.05) is 35.9 Å². The third-order valence-electron chi connectivity index (χ3n) is 3.59. The average molecular weight is 343 g/mol. The van der Waals surface area contributed by atoms with Crippen LogP contribution in [-0.2, 0) is 6.54 Å². The van der Waals surface area contributed by atoms with E-state index in [1.165, 1.54) is 12.1 Å². The summed E-state index contributed by atoms with van der Waals surface area (Å²) < 4.78 is 18.3. The number of nitrogens with zero attached hydrogens (tertiary/aromatic N) is 1. The molecule has 2 aromatic carbocycles. The maximum absolute atomic E-state index is 13.0. The van der Waals surface area contributed by atoms with Crippen molar-refractivity contribution in [3.8, 4) is 17.0 Å².